The van der Waals surface area contributed by atoms with Gasteiger partial charge in [-0.25, -0.2) is 13.1 Å². The predicted molar refractivity (Wildman–Crippen MR) is 122 cm³/mol. The van der Waals surface area contributed by atoms with Crippen molar-refractivity contribution < 1.29 is 17.9 Å². The molecule has 0 bridgehead atoms. The molecule has 0 saturated heterocycles. The quantitative estimate of drug-likeness (QED) is 0.601. The highest BCUT2D eigenvalue weighted by atomic mass is 35.5. The van der Waals surface area contributed by atoms with Gasteiger partial charge in [0.15, 0.2) is 6.61 Å². The molecule has 0 aliphatic heterocycles. The summed E-state index contributed by atoms with van der Waals surface area (Å²) >= 11 is 5.89. The first-order valence-electron chi connectivity index (χ1n) is 10.6. The molecule has 168 valence electrons. The third-order valence-corrected chi connectivity index (χ3v) is 7.26. The molecule has 1 atom stereocenters. The van der Waals surface area contributed by atoms with Gasteiger partial charge in [0.05, 0.1) is 10.9 Å². The summed E-state index contributed by atoms with van der Waals surface area (Å²) in [6.45, 7) is 3.49. The molecule has 2 N–H and O–H groups in total. The number of amides is 1. The molecule has 0 heterocycles. The number of aryl methyl sites for hydroxylation is 1. The van der Waals surface area contributed by atoms with Gasteiger partial charge in [0.2, 0.25) is 10.0 Å². The molecule has 0 radical (unpaired) electrons. The van der Waals surface area contributed by atoms with E-state index in [0.717, 1.165) is 37.7 Å². The van der Waals surface area contributed by atoms with Crippen LogP contribution in [0.5, 0.6) is 5.75 Å². The SMILES string of the molecule is Cc1cc(S(=O)(=O)NC2CCCCC2)ccc1OCC(=O)NC(C)c1ccc(Cl)cc1. The number of ether oxygens (including phenoxy) is 1. The van der Waals surface area contributed by atoms with Crippen LogP contribution in [0.3, 0.4) is 0 Å². The molecule has 6 nitrogen and oxygen atoms in total. The highest BCUT2D eigenvalue weighted by Crippen LogP contribution is 2.24. The van der Waals surface area contributed by atoms with Crippen LogP contribution in [0, 0.1) is 6.92 Å². The third-order valence-electron chi connectivity index (χ3n) is 5.49. The van der Waals surface area contributed by atoms with Crippen LogP contribution >= 0.6 is 11.6 Å². The molecule has 2 aromatic carbocycles. The first kappa shape index (κ1) is 23.6. The maximum atomic E-state index is 12.7. The van der Waals surface area contributed by atoms with Crippen LogP contribution < -0.4 is 14.8 Å². The predicted octanol–water partition coefficient (Wildman–Crippen LogP) is 4.52. The average Bonchev–Trinajstić information content (AvgIpc) is 2.73. The van der Waals surface area contributed by atoms with Crippen LogP contribution in [0.4, 0.5) is 0 Å². The van der Waals surface area contributed by atoms with E-state index in [9.17, 15) is 13.2 Å². The van der Waals surface area contributed by atoms with Crippen molar-refractivity contribution in [3.05, 3.63) is 58.6 Å². The first-order valence-corrected chi connectivity index (χ1v) is 12.4. The second-order valence-electron chi connectivity index (χ2n) is 8.01. The molecular formula is C23H29ClN2O4S. The molecule has 1 aliphatic carbocycles. The fraction of sp³-hybridized carbons (Fsp3) is 0.435. The molecule has 1 amide bonds. The van der Waals surface area contributed by atoms with Crippen molar-refractivity contribution in [2.24, 2.45) is 0 Å². The van der Waals surface area contributed by atoms with Crippen LogP contribution in [-0.4, -0.2) is 27.0 Å². The monoisotopic (exact) mass is 464 g/mol. The average molecular weight is 465 g/mol. The number of sulfonamides is 1. The zero-order valence-corrected chi connectivity index (χ0v) is 19.4. The Hall–Kier alpha value is -2.09. The molecular weight excluding hydrogens is 436 g/mol. The lowest BCUT2D eigenvalue weighted by Gasteiger charge is -2.22. The van der Waals surface area contributed by atoms with Crippen molar-refractivity contribution in [2.45, 2.75) is 62.9 Å². The number of hydrogen-bond donors (Lipinski definition) is 2. The fourth-order valence-electron chi connectivity index (χ4n) is 3.72. The minimum atomic E-state index is -3.57. The van der Waals surface area contributed by atoms with Crippen LogP contribution in [-0.2, 0) is 14.8 Å². The lowest BCUT2D eigenvalue weighted by molar-refractivity contribution is -0.123. The second kappa shape index (κ2) is 10.5. The van der Waals surface area contributed by atoms with E-state index in [1.807, 2.05) is 19.1 Å². The van der Waals surface area contributed by atoms with Crippen molar-refractivity contribution in [3.63, 3.8) is 0 Å². The van der Waals surface area contributed by atoms with Gasteiger partial charge in [-0.3, -0.25) is 4.79 Å². The Balaban J connectivity index is 1.56. The summed E-state index contributed by atoms with van der Waals surface area (Å²) in [5.74, 6) is 0.212. The minimum Gasteiger partial charge on any atom is -0.484 e. The molecule has 1 unspecified atom stereocenters. The number of hydrogen-bond acceptors (Lipinski definition) is 4. The highest BCUT2D eigenvalue weighted by Gasteiger charge is 2.22. The van der Waals surface area contributed by atoms with Gasteiger partial charge in [0.25, 0.3) is 5.91 Å². The molecule has 1 fully saturated rings. The largest absolute Gasteiger partial charge is 0.484 e. The van der Waals surface area contributed by atoms with E-state index in [1.54, 1.807) is 31.2 Å². The van der Waals surface area contributed by atoms with Gasteiger partial charge in [-0.2, -0.15) is 0 Å². The smallest absolute Gasteiger partial charge is 0.258 e. The van der Waals surface area contributed by atoms with Gasteiger partial charge in [-0.15, -0.1) is 0 Å². The Morgan fingerprint density at radius 2 is 1.81 bits per heavy atom. The summed E-state index contributed by atoms with van der Waals surface area (Å²) in [6.07, 6.45) is 5.02. The summed E-state index contributed by atoms with van der Waals surface area (Å²) in [6, 6.07) is 11.8. The molecule has 0 aromatic heterocycles. The van der Waals surface area contributed by atoms with Crippen LogP contribution in [0.1, 0.15) is 56.2 Å². The normalized spacial score (nSPS) is 16.0. The standard InChI is InChI=1S/C23H29ClN2O4S/c1-16-14-21(31(28,29)26-20-6-4-3-5-7-20)12-13-22(16)30-15-23(27)25-17(2)18-8-10-19(24)11-9-18/h8-14,17,20,26H,3-7,15H2,1-2H3,(H,25,27). The summed E-state index contributed by atoms with van der Waals surface area (Å²) in [5, 5.41) is 3.51. The zero-order chi connectivity index (χ0) is 22.4. The number of rotatable bonds is 8. The van der Waals surface area contributed by atoms with E-state index in [4.69, 9.17) is 16.3 Å². The van der Waals surface area contributed by atoms with Crippen LogP contribution in [0.2, 0.25) is 5.02 Å². The Morgan fingerprint density at radius 3 is 2.45 bits per heavy atom. The number of halogens is 1. The van der Waals surface area contributed by atoms with E-state index in [-0.39, 0.29) is 29.5 Å². The number of carbonyl (C=O) groups excluding carboxylic acids is 1. The lowest BCUT2D eigenvalue weighted by atomic mass is 9.96. The minimum absolute atomic E-state index is 0.00121. The lowest BCUT2D eigenvalue weighted by Crippen LogP contribution is -2.36. The maximum Gasteiger partial charge on any atom is 0.258 e. The van der Waals surface area contributed by atoms with Crippen molar-refractivity contribution in [3.8, 4) is 5.75 Å². The Labute approximate surface area is 189 Å². The van der Waals surface area contributed by atoms with Crippen LogP contribution in [0.25, 0.3) is 0 Å². The first-order chi connectivity index (χ1) is 14.7. The van der Waals surface area contributed by atoms with E-state index in [0.29, 0.717) is 16.3 Å². The number of carbonyl (C=O) groups is 1. The molecule has 0 spiro atoms. The second-order valence-corrected chi connectivity index (χ2v) is 10.2. The van der Waals surface area contributed by atoms with Crippen LogP contribution in [0.15, 0.2) is 47.4 Å². The van der Waals surface area contributed by atoms with Gasteiger partial charge >= 0.3 is 0 Å². The van der Waals surface area contributed by atoms with E-state index in [2.05, 4.69) is 10.0 Å². The molecule has 8 heteroatoms. The molecule has 1 aliphatic rings. The zero-order valence-electron chi connectivity index (χ0n) is 17.9. The molecule has 31 heavy (non-hydrogen) atoms. The van der Waals surface area contributed by atoms with E-state index in [1.165, 1.54) is 6.07 Å². The highest BCUT2D eigenvalue weighted by molar-refractivity contribution is 7.89. The Bertz CT molecular complexity index is 1000. The van der Waals surface area contributed by atoms with Gasteiger partial charge in [-0.1, -0.05) is 43.0 Å². The van der Waals surface area contributed by atoms with Gasteiger partial charge in [0.1, 0.15) is 5.75 Å². The Kier molecular flexibility index (Phi) is 7.97. The van der Waals surface area contributed by atoms with Crippen molar-refractivity contribution >= 4 is 27.5 Å². The number of benzene rings is 2. The fourth-order valence-corrected chi connectivity index (χ4v) is 5.24. The van der Waals surface area contributed by atoms with E-state index >= 15 is 0 Å². The summed E-state index contributed by atoms with van der Waals surface area (Å²) in [7, 11) is -3.57. The summed E-state index contributed by atoms with van der Waals surface area (Å²) in [4.78, 5) is 12.5. The molecule has 3 rings (SSSR count). The van der Waals surface area contributed by atoms with Gasteiger partial charge < -0.3 is 10.1 Å². The molecule has 2 aromatic rings. The Morgan fingerprint density at radius 1 is 1.13 bits per heavy atom. The summed E-state index contributed by atoms with van der Waals surface area (Å²) < 4.78 is 33.8. The number of nitrogens with one attached hydrogen (secondary N) is 2. The van der Waals surface area contributed by atoms with Crippen molar-refractivity contribution in [2.75, 3.05) is 6.61 Å². The topological polar surface area (TPSA) is 84.5 Å². The van der Waals surface area contributed by atoms with Crippen molar-refractivity contribution in [1.82, 2.24) is 10.0 Å². The van der Waals surface area contributed by atoms with Gasteiger partial charge in [0, 0.05) is 11.1 Å². The van der Waals surface area contributed by atoms with E-state index < -0.39 is 10.0 Å². The summed E-state index contributed by atoms with van der Waals surface area (Å²) in [5.41, 5.74) is 1.60. The molecule has 1 saturated carbocycles. The van der Waals surface area contributed by atoms with Gasteiger partial charge in [-0.05, 0) is 68.1 Å². The van der Waals surface area contributed by atoms with Crippen molar-refractivity contribution in [1.29, 1.82) is 0 Å². The maximum absolute atomic E-state index is 12.7. The third kappa shape index (κ3) is 6.69.